The number of ether oxygens (including phenoxy) is 1. The Morgan fingerprint density at radius 3 is 2.64 bits per heavy atom. The van der Waals surface area contributed by atoms with E-state index < -0.39 is 0 Å². The van der Waals surface area contributed by atoms with Gasteiger partial charge in [-0.2, -0.15) is 0 Å². The van der Waals surface area contributed by atoms with Gasteiger partial charge in [0.05, 0.1) is 30.2 Å². The van der Waals surface area contributed by atoms with Crippen molar-refractivity contribution in [1.29, 1.82) is 0 Å². The molecule has 0 bridgehead atoms. The van der Waals surface area contributed by atoms with Gasteiger partial charge in [-0.05, 0) is 24.3 Å². The number of carbonyl (C=O) groups is 1. The number of halogens is 1. The smallest absolute Gasteiger partial charge is 0.249 e. The van der Waals surface area contributed by atoms with Gasteiger partial charge in [-0.25, -0.2) is 0 Å². The number of rotatable bonds is 7. The first-order valence-corrected chi connectivity index (χ1v) is 8.12. The molecule has 0 saturated carbocycles. The van der Waals surface area contributed by atoms with Crippen LogP contribution in [0.25, 0.3) is 11.5 Å². The molecule has 7 heteroatoms. The SMILES string of the molecule is O=C(CCOc1ccccc1)NCc1nnc(-c2ccccc2Cl)o1. The average Bonchev–Trinajstić information content (AvgIpc) is 3.10. The second kappa shape index (κ2) is 8.30. The van der Waals surface area contributed by atoms with Gasteiger partial charge >= 0.3 is 0 Å². The topological polar surface area (TPSA) is 77.2 Å². The molecule has 0 spiro atoms. The van der Waals surface area contributed by atoms with E-state index in [0.29, 0.717) is 29.0 Å². The third-order valence-corrected chi connectivity index (χ3v) is 3.68. The minimum atomic E-state index is -0.159. The van der Waals surface area contributed by atoms with E-state index >= 15 is 0 Å². The number of nitrogens with zero attached hydrogens (tertiary/aromatic N) is 2. The van der Waals surface area contributed by atoms with Gasteiger partial charge in [0.25, 0.3) is 0 Å². The van der Waals surface area contributed by atoms with Gasteiger partial charge in [0, 0.05) is 0 Å². The summed E-state index contributed by atoms with van der Waals surface area (Å²) in [5, 5.41) is 11.1. The van der Waals surface area contributed by atoms with Crippen molar-refractivity contribution in [2.24, 2.45) is 0 Å². The van der Waals surface area contributed by atoms with Crippen LogP contribution in [0.3, 0.4) is 0 Å². The number of hydrogen-bond donors (Lipinski definition) is 1. The maximum absolute atomic E-state index is 11.8. The number of benzene rings is 2. The maximum Gasteiger partial charge on any atom is 0.249 e. The predicted octanol–water partition coefficient (Wildman–Crippen LogP) is 3.48. The summed E-state index contributed by atoms with van der Waals surface area (Å²) in [5.74, 6) is 1.21. The molecule has 2 aromatic carbocycles. The highest BCUT2D eigenvalue weighted by molar-refractivity contribution is 6.33. The second-order valence-electron chi connectivity index (χ2n) is 5.17. The van der Waals surface area contributed by atoms with Crippen molar-refractivity contribution in [3.63, 3.8) is 0 Å². The quantitative estimate of drug-likeness (QED) is 0.700. The number of aromatic nitrogens is 2. The molecule has 1 aromatic heterocycles. The Kier molecular flexibility index (Phi) is 5.64. The Labute approximate surface area is 149 Å². The van der Waals surface area contributed by atoms with Gasteiger partial charge in [0.1, 0.15) is 5.75 Å². The molecule has 25 heavy (non-hydrogen) atoms. The van der Waals surface area contributed by atoms with Crippen LogP contribution >= 0.6 is 11.6 Å². The van der Waals surface area contributed by atoms with E-state index in [9.17, 15) is 4.79 Å². The first-order chi connectivity index (χ1) is 12.2. The fourth-order valence-corrected chi connectivity index (χ4v) is 2.33. The molecule has 0 aliphatic rings. The Morgan fingerprint density at radius 1 is 1.08 bits per heavy atom. The summed E-state index contributed by atoms with van der Waals surface area (Å²) in [4.78, 5) is 11.8. The Bertz CT molecular complexity index is 836. The van der Waals surface area contributed by atoms with Gasteiger partial charge in [0.15, 0.2) is 0 Å². The summed E-state index contributed by atoms with van der Waals surface area (Å²) in [6.07, 6.45) is 0.237. The summed E-state index contributed by atoms with van der Waals surface area (Å²) in [6.45, 7) is 0.451. The zero-order chi connectivity index (χ0) is 17.5. The molecule has 3 aromatic rings. The number of carbonyl (C=O) groups excluding carboxylic acids is 1. The lowest BCUT2D eigenvalue weighted by molar-refractivity contribution is -0.121. The Balaban J connectivity index is 1.46. The van der Waals surface area contributed by atoms with Gasteiger partial charge in [0.2, 0.25) is 17.7 Å². The normalized spacial score (nSPS) is 10.4. The predicted molar refractivity (Wildman–Crippen MR) is 93.1 cm³/mol. The first-order valence-electron chi connectivity index (χ1n) is 7.74. The van der Waals surface area contributed by atoms with Crippen molar-refractivity contribution >= 4 is 17.5 Å². The molecule has 0 saturated heterocycles. The van der Waals surface area contributed by atoms with E-state index in [0.717, 1.165) is 5.75 Å². The zero-order valence-corrected chi connectivity index (χ0v) is 14.1. The zero-order valence-electron chi connectivity index (χ0n) is 13.3. The van der Waals surface area contributed by atoms with E-state index in [4.69, 9.17) is 20.8 Å². The number of para-hydroxylation sites is 1. The highest BCUT2D eigenvalue weighted by atomic mass is 35.5. The van der Waals surface area contributed by atoms with Crippen LogP contribution in [0.4, 0.5) is 0 Å². The lowest BCUT2D eigenvalue weighted by atomic mass is 10.2. The van der Waals surface area contributed by atoms with Gasteiger partial charge < -0.3 is 14.5 Å². The fraction of sp³-hybridized carbons (Fsp3) is 0.167. The van der Waals surface area contributed by atoms with E-state index in [-0.39, 0.29) is 18.9 Å². The molecule has 0 radical (unpaired) electrons. The van der Waals surface area contributed by atoms with E-state index in [1.165, 1.54) is 0 Å². The number of amides is 1. The van der Waals surface area contributed by atoms with E-state index in [1.54, 1.807) is 12.1 Å². The van der Waals surface area contributed by atoms with Crippen molar-refractivity contribution in [2.75, 3.05) is 6.61 Å². The van der Waals surface area contributed by atoms with E-state index in [2.05, 4.69) is 15.5 Å². The highest BCUT2D eigenvalue weighted by Crippen LogP contribution is 2.26. The van der Waals surface area contributed by atoms with Crippen molar-refractivity contribution in [2.45, 2.75) is 13.0 Å². The van der Waals surface area contributed by atoms with Crippen LogP contribution in [0.2, 0.25) is 5.02 Å². The summed E-state index contributed by atoms with van der Waals surface area (Å²) in [5.41, 5.74) is 0.658. The van der Waals surface area contributed by atoms with E-state index in [1.807, 2.05) is 42.5 Å². The Hall–Kier alpha value is -2.86. The van der Waals surface area contributed by atoms with Crippen LogP contribution < -0.4 is 10.1 Å². The second-order valence-corrected chi connectivity index (χ2v) is 5.58. The van der Waals surface area contributed by atoms with Crippen LogP contribution in [-0.2, 0) is 11.3 Å². The van der Waals surface area contributed by atoms with Crippen LogP contribution in [0.15, 0.2) is 59.0 Å². The number of nitrogens with one attached hydrogen (secondary N) is 1. The van der Waals surface area contributed by atoms with Crippen molar-refractivity contribution in [3.05, 3.63) is 65.5 Å². The lowest BCUT2D eigenvalue weighted by Gasteiger charge is -2.05. The average molecular weight is 358 g/mol. The lowest BCUT2D eigenvalue weighted by Crippen LogP contribution is -2.24. The Morgan fingerprint density at radius 2 is 1.84 bits per heavy atom. The highest BCUT2D eigenvalue weighted by Gasteiger charge is 2.12. The third kappa shape index (κ3) is 4.81. The minimum absolute atomic E-state index is 0.154. The largest absolute Gasteiger partial charge is 0.493 e. The van der Waals surface area contributed by atoms with Crippen LogP contribution in [-0.4, -0.2) is 22.7 Å². The molecule has 128 valence electrons. The van der Waals surface area contributed by atoms with Gasteiger partial charge in [-0.15, -0.1) is 10.2 Å². The molecule has 0 unspecified atom stereocenters. The standard InChI is InChI=1S/C18H16ClN3O3/c19-15-9-5-4-8-14(15)18-22-21-17(25-18)12-20-16(23)10-11-24-13-6-2-1-3-7-13/h1-9H,10-12H2,(H,20,23). The molecule has 1 N–H and O–H groups in total. The van der Waals surface area contributed by atoms with Crippen molar-refractivity contribution < 1.29 is 13.9 Å². The van der Waals surface area contributed by atoms with Crippen LogP contribution in [0, 0.1) is 0 Å². The molecule has 6 nitrogen and oxygen atoms in total. The third-order valence-electron chi connectivity index (χ3n) is 3.35. The van der Waals surface area contributed by atoms with Gasteiger partial charge in [-0.3, -0.25) is 4.79 Å². The number of hydrogen-bond acceptors (Lipinski definition) is 5. The summed E-state index contributed by atoms with van der Waals surface area (Å²) < 4.78 is 11.0. The summed E-state index contributed by atoms with van der Waals surface area (Å²) in [7, 11) is 0. The fourth-order valence-electron chi connectivity index (χ4n) is 2.11. The monoisotopic (exact) mass is 357 g/mol. The summed E-state index contributed by atoms with van der Waals surface area (Å²) >= 11 is 6.09. The van der Waals surface area contributed by atoms with Crippen molar-refractivity contribution in [3.8, 4) is 17.2 Å². The summed E-state index contributed by atoms with van der Waals surface area (Å²) in [6, 6.07) is 16.5. The maximum atomic E-state index is 11.8. The molecule has 0 aliphatic carbocycles. The first kappa shape index (κ1) is 17.0. The molecule has 1 amide bonds. The molecule has 0 atom stereocenters. The molecule has 1 heterocycles. The van der Waals surface area contributed by atoms with Crippen LogP contribution in [0.1, 0.15) is 12.3 Å². The molecular formula is C18H16ClN3O3. The van der Waals surface area contributed by atoms with Crippen LogP contribution in [0.5, 0.6) is 5.75 Å². The molecule has 0 aliphatic heterocycles. The molecule has 3 rings (SSSR count). The van der Waals surface area contributed by atoms with Gasteiger partial charge in [-0.1, -0.05) is 41.9 Å². The van der Waals surface area contributed by atoms with Crippen molar-refractivity contribution in [1.82, 2.24) is 15.5 Å². The minimum Gasteiger partial charge on any atom is -0.493 e. The molecular weight excluding hydrogens is 342 g/mol. The molecule has 0 fully saturated rings.